The fraction of sp³-hybridized carbons (Fsp3) is 0.913. The van der Waals surface area contributed by atoms with Gasteiger partial charge in [-0.25, -0.2) is 4.79 Å². The number of piperazine rings is 1. The van der Waals surface area contributed by atoms with Crippen LogP contribution < -0.4 is 5.32 Å². The van der Waals surface area contributed by atoms with Crippen LogP contribution in [0.4, 0.5) is 4.79 Å². The molecule has 2 atom stereocenters. The highest BCUT2D eigenvalue weighted by molar-refractivity contribution is 7.86. The Bertz CT molecular complexity index is 772. The summed E-state index contributed by atoms with van der Waals surface area (Å²) in [4.78, 5) is 28.7. The summed E-state index contributed by atoms with van der Waals surface area (Å²) in [5.74, 6) is -0.361. The average Bonchev–Trinajstić information content (AvgIpc) is 2.87. The SMILES string of the molecule is CCOC(=O)N1CCN(S(=O)(=O)N2CCC[C@H](C(=O)NCCCN3CCCC[C@@H]3CC)C2)CC1. The van der Waals surface area contributed by atoms with Gasteiger partial charge in [-0.2, -0.15) is 17.0 Å². The zero-order valence-corrected chi connectivity index (χ0v) is 21.7. The first-order valence-electron chi connectivity index (χ1n) is 13.1. The van der Waals surface area contributed by atoms with Gasteiger partial charge in [0.25, 0.3) is 10.2 Å². The highest BCUT2D eigenvalue weighted by Crippen LogP contribution is 2.23. The standard InChI is InChI=1S/C23H43N5O5S/c1-3-21-10-5-6-12-25(21)13-8-11-24-22(29)20-9-7-14-28(19-20)34(31,32)27-17-15-26(16-18-27)23(30)33-4-2/h20-21H,3-19H2,1-2H3,(H,24,29)/t20-,21-/m0/s1. The highest BCUT2D eigenvalue weighted by atomic mass is 32.2. The van der Waals surface area contributed by atoms with Gasteiger partial charge in [0.05, 0.1) is 12.5 Å². The van der Waals surface area contributed by atoms with Crippen LogP contribution in [0.3, 0.4) is 0 Å². The third kappa shape index (κ3) is 7.05. The van der Waals surface area contributed by atoms with E-state index in [0.717, 1.165) is 19.5 Å². The van der Waals surface area contributed by atoms with E-state index >= 15 is 0 Å². The first-order chi connectivity index (χ1) is 16.4. The second-order valence-electron chi connectivity index (χ2n) is 9.53. The Hall–Kier alpha value is -1.43. The molecule has 3 aliphatic heterocycles. The van der Waals surface area contributed by atoms with Crippen molar-refractivity contribution in [1.82, 2.24) is 23.7 Å². The summed E-state index contributed by atoms with van der Waals surface area (Å²) in [6.45, 7) is 8.82. The Kier molecular flexibility index (Phi) is 10.4. The Morgan fingerprint density at radius 1 is 0.941 bits per heavy atom. The number of nitrogens with one attached hydrogen (secondary N) is 1. The minimum Gasteiger partial charge on any atom is -0.450 e. The lowest BCUT2D eigenvalue weighted by molar-refractivity contribution is -0.126. The van der Waals surface area contributed by atoms with Gasteiger partial charge in [-0.05, 0) is 52.0 Å². The summed E-state index contributed by atoms with van der Waals surface area (Å²) < 4.78 is 34.2. The zero-order chi connectivity index (χ0) is 24.6. The minimum absolute atomic E-state index is 0.0438. The van der Waals surface area contributed by atoms with E-state index in [4.69, 9.17) is 4.74 Å². The lowest BCUT2D eigenvalue weighted by Gasteiger charge is -2.38. The molecule has 0 aromatic heterocycles. The number of carbonyl (C=O) groups is 2. The van der Waals surface area contributed by atoms with Gasteiger partial charge in [0.2, 0.25) is 5.91 Å². The van der Waals surface area contributed by atoms with Crippen LogP contribution in [0.25, 0.3) is 0 Å². The second-order valence-corrected chi connectivity index (χ2v) is 11.5. The third-order valence-corrected chi connectivity index (χ3v) is 9.32. The molecule has 0 unspecified atom stereocenters. The summed E-state index contributed by atoms with van der Waals surface area (Å²) >= 11 is 0. The third-order valence-electron chi connectivity index (χ3n) is 7.31. The summed E-state index contributed by atoms with van der Waals surface area (Å²) in [7, 11) is -3.66. The molecule has 0 spiro atoms. The van der Waals surface area contributed by atoms with E-state index in [0.29, 0.717) is 51.7 Å². The smallest absolute Gasteiger partial charge is 0.409 e. The highest BCUT2D eigenvalue weighted by Gasteiger charge is 2.37. The van der Waals surface area contributed by atoms with Crippen molar-refractivity contribution < 1.29 is 22.7 Å². The molecule has 3 aliphatic rings. The van der Waals surface area contributed by atoms with Gasteiger partial charge in [0, 0.05) is 58.4 Å². The van der Waals surface area contributed by atoms with Gasteiger partial charge in [0.15, 0.2) is 0 Å². The monoisotopic (exact) mass is 501 g/mol. The normalized spacial score (nSPS) is 25.8. The van der Waals surface area contributed by atoms with E-state index in [1.165, 1.54) is 39.2 Å². The predicted octanol–water partition coefficient (Wildman–Crippen LogP) is 1.49. The van der Waals surface area contributed by atoms with Gasteiger partial charge in [-0.1, -0.05) is 13.3 Å². The molecule has 0 radical (unpaired) electrons. The lowest BCUT2D eigenvalue weighted by atomic mass is 9.98. The van der Waals surface area contributed by atoms with Crippen LogP contribution >= 0.6 is 0 Å². The molecule has 34 heavy (non-hydrogen) atoms. The number of rotatable bonds is 9. The maximum absolute atomic E-state index is 13.2. The number of nitrogens with zero attached hydrogens (tertiary/aromatic N) is 4. The first-order valence-corrected chi connectivity index (χ1v) is 14.4. The van der Waals surface area contributed by atoms with Crippen molar-refractivity contribution in [2.75, 3.05) is 65.5 Å². The quantitative estimate of drug-likeness (QED) is 0.480. The predicted molar refractivity (Wildman–Crippen MR) is 131 cm³/mol. The molecule has 3 fully saturated rings. The van der Waals surface area contributed by atoms with Crippen molar-refractivity contribution in [3.8, 4) is 0 Å². The van der Waals surface area contributed by atoms with E-state index in [1.807, 2.05) is 0 Å². The lowest BCUT2D eigenvalue weighted by Crippen LogP contribution is -2.56. The molecule has 3 heterocycles. The van der Waals surface area contributed by atoms with Crippen molar-refractivity contribution >= 4 is 22.2 Å². The van der Waals surface area contributed by atoms with Crippen LogP contribution in [-0.4, -0.2) is 110 Å². The largest absolute Gasteiger partial charge is 0.450 e. The average molecular weight is 502 g/mol. The van der Waals surface area contributed by atoms with Gasteiger partial charge >= 0.3 is 6.09 Å². The van der Waals surface area contributed by atoms with Gasteiger partial charge in [-0.3, -0.25) is 4.79 Å². The van der Waals surface area contributed by atoms with Crippen molar-refractivity contribution in [3.05, 3.63) is 0 Å². The second kappa shape index (κ2) is 13.0. The molecule has 196 valence electrons. The van der Waals surface area contributed by atoms with Gasteiger partial charge < -0.3 is 19.9 Å². The molecule has 0 bridgehead atoms. The number of likely N-dealkylation sites (tertiary alicyclic amines) is 1. The van der Waals surface area contributed by atoms with Gasteiger partial charge in [0.1, 0.15) is 0 Å². The molecule has 10 nitrogen and oxygen atoms in total. The Labute approximate surface area is 205 Å². The van der Waals surface area contributed by atoms with E-state index in [9.17, 15) is 18.0 Å². The Morgan fingerprint density at radius 3 is 2.41 bits per heavy atom. The first kappa shape index (κ1) is 27.2. The molecule has 0 aromatic carbocycles. The molecule has 0 aliphatic carbocycles. The van der Waals surface area contributed by atoms with Crippen molar-refractivity contribution in [2.45, 2.75) is 64.8 Å². The van der Waals surface area contributed by atoms with Crippen molar-refractivity contribution in [3.63, 3.8) is 0 Å². The number of carbonyl (C=O) groups excluding carboxylic acids is 2. The van der Waals surface area contributed by atoms with Crippen molar-refractivity contribution in [1.29, 1.82) is 0 Å². The molecule has 2 amide bonds. The molecule has 11 heteroatoms. The number of hydrogen-bond acceptors (Lipinski definition) is 6. The van der Waals surface area contributed by atoms with Gasteiger partial charge in [-0.15, -0.1) is 0 Å². The number of ether oxygens (including phenoxy) is 1. The molecule has 3 saturated heterocycles. The molecular weight excluding hydrogens is 458 g/mol. The topological polar surface area (TPSA) is 102 Å². The summed E-state index contributed by atoms with van der Waals surface area (Å²) in [5, 5.41) is 3.05. The summed E-state index contributed by atoms with van der Waals surface area (Å²) in [5.41, 5.74) is 0. The molecule has 0 saturated carbocycles. The van der Waals surface area contributed by atoms with Crippen LogP contribution in [0.15, 0.2) is 0 Å². The van der Waals surface area contributed by atoms with E-state index in [2.05, 4.69) is 17.1 Å². The van der Waals surface area contributed by atoms with E-state index in [-0.39, 0.29) is 31.5 Å². The van der Waals surface area contributed by atoms with Crippen LogP contribution in [0.1, 0.15) is 58.8 Å². The maximum atomic E-state index is 13.2. The Balaban J connectivity index is 1.43. The van der Waals surface area contributed by atoms with Crippen LogP contribution in [0.2, 0.25) is 0 Å². The van der Waals surface area contributed by atoms with Crippen LogP contribution in [-0.2, 0) is 19.7 Å². The molecule has 3 rings (SSSR count). The number of hydrogen-bond donors (Lipinski definition) is 1. The Morgan fingerprint density at radius 2 is 1.71 bits per heavy atom. The van der Waals surface area contributed by atoms with Crippen LogP contribution in [0, 0.1) is 5.92 Å². The van der Waals surface area contributed by atoms with E-state index < -0.39 is 16.3 Å². The summed E-state index contributed by atoms with van der Waals surface area (Å²) in [6.07, 6.45) is 6.91. The fourth-order valence-electron chi connectivity index (χ4n) is 5.30. The van der Waals surface area contributed by atoms with E-state index in [1.54, 1.807) is 6.92 Å². The number of amides is 2. The fourth-order valence-corrected chi connectivity index (χ4v) is 6.98. The van der Waals surface area contributed by atoms with Crippen LogP contribution in [0.5, 0.6) is 0 Å². The number of piperidine rings is 2. The molecule has 1 N–H and O–H groups in total. The minimum atomic E-state index is -3.66. The zero-order valence-electron chi connectivity index (χ0n) is 20.9. The van der Waals surface area contributed by atoms with Crippen molar-refractivity contribution in [2.24, 2.45) is 5.92 Å². The molecular formula is C23H43N5O5S. The molecule has 0 aromatic rings. The summed E-state index contributed by atoms with van der Waals surface area (Å²) in [6, 6.07) is 0.667. The maximum Gasteiger partial charge on any atom is 0.409 e.